The lowest BCUT2D eigenvalue weighted by atomic mass is 9.67. The van der Waals surface area contributed by atoms with Crippen LogP contribution in [-0.4, -0.2) is 0 Å². The van der Waals surface area contributed by atoms with Gasteiger partial charge in [-0.3, -0.25) is 0 Å². The largest absolute Gasteiger partial charge is 0.311 e. The van der Waals surface area contributed by atoms with E-state index in [1.807, 2.05) is 27.7 Å². The Morgan fingerprint density at radius 1 is 0.500 bits per heavy atom. The first-order chi connectivity index (χ1) is 26.5. The molecule has 7 aromatic rings. The molecule has 1 atom stereocenters. The van der Waals surface area contributed by atoms with Crippen LogP contribution in [0.3, 0.4) is 0 Å². The zero-order valence-corrected chi connectivity index (χ0v) is 33.2. The Labute approximate surface area is 324 Å². The van der Waals surface area contributed by atoms with Crippen LogP contribution in [0.15, 0.2) is 182 Å². The van der Waals surface area contributed by atoms with Gasteiger partial charge in [-0.15, -0.1) is 0 Å². The average molecular weight is 704 g/mol. The van der Waals surface area contributed by atoms with Gasteiger partial charge in [0.05, 0.1) is 5.41 Å². The van der Waals surface area contributed by atoms with E-state index in [-0.39, 0.29) is 0 Å². The second-order valence-corrected chi connectivity index (χ2v) is 13.4. The van der Waals surface area contributed by atoms with Crippen molar-refractivity contribution in [2.75, 3.05) is 4.90 Å². The van der Waals surface area contributed by atoms with Crippen LogP contribution in [0.25, 0.3) is 33.0 Å². The van der Waals surface area contributed by atoms with Gasteiger partial charge in [-0.25, -0.2) is 0 Å². The van der Waals surface area contributed by atoms with E-state index in [2.05, 4.69) is 209 Å². The SMILES string of the molecule is C/C=C\C(=C/C)N(c1ccccc1)c1cc(C)cc(-c2cc3c(c4ccccc24)-c2ccccc2C3(c2ccccc2)c2ccc(C)cc2)c1.CC.CC. The van der Waals surface area contributed by atoms with E-state index in [0.29, 0.717) is 0 Å². The maximum Gasteiger partial charge on any atom is 0.0714 e. The minimum absolute atomic E-state index is 0.480. The number of hydrogen-bond donors (Lipinski definition) is 0. The number of nitrogens with zero attached hydrogens (tertiary/aromatic N) is 1. The highest BCUT2D eigenvalue weighted by Gasteiger charge is 2.47. The van der Waals surface area contributed by atoms with Gasteiger partial charge in [0.1, 0.15) is 0 Å². The predicted molar refractivity (Wildman–Crippen MR) is 236 cm³/mol. The molecule has 270 valence electrons. The molecule has 7 aromatic carbocycles. The van der Waals surface area contributed by atoms with Gasteiger partial charge < -0.3 is 4.90 Å². The smallest absolute Gasteiger partial charge is 0.0714 e. The van der Waals surface area contributed by atoms with Crippen molar-refractivity contribution in [2.24, 2.45) is 0 Å². The third kappa shape index (κ3) is 6.60. The highest BCUT2D eigenvalue weighted by Crippen LogP contribution is 2.59. The van der Waals surface area contributed by atoms with E-state index in [1.165, 1.54) is 66.4 Å². The second kappa shape index (κ2) is 16.8. The molecule has 0 heterocycles. The molecule has 0 radical (unpaired) electrons. The molecule has 0 saturated carbocycles. The van der Waals surface area contributed by atoms with Crippen LogP contribution < -0.4 is 4.90 Å². The molecule has 0 aromatic heterocycles. The normalized spacial score (nSPS) is 14.4. The number of aryl methyl sites for hydroxylation is 2. The summed E-state index contributed by atoms with van der Waals surface area (Å²) in [4.78, 5) is 2.36. The first-order valence-electron chi connectivity index (χ1n) is 19.6. The molecule has 0 aliphatic heterocycles. The van der Waals surface area contributed by atoms with E-state index in [4.69, 9.17) is 0 Å². The highest BCUT2D eigenvalue weighted by atomic mass is 15.1. The van der Waals surface area contributed by atoms with E-state index < -0.39 is 5.41 Å². The fourth-order valence-electron chi connectivity index (χ4n) is 8.20. The maximum atomic E-state index is 2.51. The van der Waals surface area contributed by atoms with Crippen molar-refractivity contribution in [3.8, 4) is 22.3 Å². The zero-order chi connectivity index (χ0) is 38.2. The summed E-state index contributed by atoms with van der Waals surface area (Å²) in [6.07, 6.45) is 6.49. The van der Waals surface area contributed by atoms with Crippen molar-refractivity contribution < 1.29 is 0 Å². The van der Waals surface area contributed by atoms with Gasteiger partial charge in [0.2, 0.25) is 0 Å². The minimum Gasteiger partial charge on any atom is -0.311 e. The fourth-order valence-corrected chi connectivity index (χ4v) is 8.20. The Morgan fingerprint density at radius 2 is 1.09 bits per heavy atom. The molecule has 1 aliphatic rings. The molecule has 0 amide bonds. The van der Waals surface area contributed by atoms with E-state index in [1.54, 1.807) is 0 Å². The number of hydrogen-bond acceptors (Lipinski definition) is 1. The third-order valence-electron chi connectivity index (χ3n) is 10.3. The van der Waals surface area contributed by atoms with Gasteiger partial charge in [0.25, 0.3) is 0 Å². The quantitative estimate of drug-likeness (QED) is 0.149. The fraction of sp³-hybridized carbons (Fsp3) is 0.170. The predicted octanol–water partition coefficient (Wildman–Crippen LogP) is 15.2. The van der Waals surface area contributed by atoms with Crippen LogP contribution in [0.4, 0.5) is 11.4 Å². The van der Waals surface area contributed by atoms with E-state index in [0.717, 1.165) is 17.1 Å². The lowest BCUT2D eigenvalue weighted by Crippen LogP contribution is -2.28. The number of fused-ring (bicyclic) bond motifs is 5. The summed E-state index contributed by atoms with van der Waals surface area (Å²) in [5.41, 5.74) is 15.7. The van der Waals surface area contributed by atoms with Crippen molar-refractivity contribution in [2.45, 2.75) is 60.8 Å². The summed E-state index contributed by atoms with van der Waals surface area (Å²) in [6.45, 7) is 16.6. The summed E-state index contributed by atoms with van der Waals surface area (Å²) in [6, 6.07) is 58.6. The first-order valence-corrected chi connectivity index (χ1v) is 19.6. The number of para-hydroxylation sites is 1. The lowest BCUT2D eigenvalue weighted by molar-refractivity contribution is 0.769. The molecular formula is C53H53N. The average Bonchev–Trinajstić information content (AvgIpc) is 3.53. The van der Waals surface area contributed by atoms with Crippen molar-refractivity contribution in [3.63, 3.8) is 0 Å². The molecule has 0 saturated heterocycles. The number of allylic oxidation sites excluding steroid dienone is 3. The third-order valence-corrected chi connectivity index (χ3v) is 10.3. The Balaban J connectivity index is 0.00000120. The molecule has 0 fully saturated rings. The maximum absolute atomic E-state index is 2.51. The topological polar surface area (TPSA) is 3.24 Å². The van der Waals surface area contributed by atoms with Crippen molar-refractivity contribution >= 4 is 22.1 Å². The molecule has 1 aliphatic carbocycles. The molecule has 0 N–H and O–H groups in total. The van der Waals surface area contributed by atoms with Gasteiger partial charge in [-0.05, 0) is 125 Å². The van der Waals surface area contributed by atoms with Crippen LogP contribution in [0.5, 0.6) is 0 Å². The van der Waals surface area contributed by atoms with Crippen LogP contribution >= 0.6 is 0 Å². The Hall–Kier alpha value is -5.92. The van der Waals surface area contributed by atoms with Crippen molar-refractivity contribution in [1.29, 1.82) is 0 Å². The molecule has 1 unspecified atom stereocenters. The highest BCUT2D eigenvalue weighted by molar-refractivity contribution is 6.10. The first kappa shape index (κ1) is 37.8. The standard InChI is InChI=1S/C49H41N.2C2H6/c1-5-17-39(6-2)50(40-20-11-8-12-21-40)41-31-35(4)30-36(32-41)45-33-47-48(43-23-14-13-22-42(43)45)44-24-15-16-25-46(44)49(47,37-18-9-7-10-19-37)38-28-26-34(3)27-29-38;2*1-2/h5-33H,1-4H3;2*1-2H3/b17-5-,39-6+;;. The molecule has 0 bridgehead atoms. The molecule has 0 spiro atoms. The van der Waals surface area contributed by atoms with Gasteiger partial charge in [0, 0.05) is 17.1 Å². The summed E-state index contributed by atoms with van der Waals surface area (Å²) >= 11 is 0. The van der Waals surface area contributed by atoms with Crippen LogP contribution in [0.1, 0.15) is 74.9 Å². The van der Waals surface area contributed by atoms with E-state index in [9.17, 15) is 0 Å². The van der Waals surface area contributed by atoms with Gasteiger partial charge in [0.15, 0.2) is 0 Å². The molecule has 1 heteroatoms. The number of anilines is 2. The monoisotopic (exact) mass is 703 g/mol. The second-order valence-electron chi connectivity index (χ2n) is 13.4. The van der Waals surface area contributed by atoms with Gasteiger partial charge in [-0.2, -0.15) is 0 Å². The van der Waals surface area contributed by atoms with Crippen LogP contribution in [-0.2, 0) is 5.41 Å². The summed E-state index contributed by atoms with van der Waals surface area (Å²) < 4.78 is 0. The summed E-state index contributed by atoms with van der Waals surface area (Å²) in [5.74, 6) is 0. The van der Waals surface area contributed by atoms with Crippen molar-refractivity contribution in [1.82, 2.24) is 0 Å². The van der Waals surface area contributed by atoms with Crippen LogP contribution in [0, 0.1) is 13.8 Å². The van der Waals surface area contributed by atoms with Gasteiger partial charge >= 0.3 is 0 Å². The minimum atomic E-state index is -0.480. The number of rotatable bonds is 7. The van der Waals surface area contributed by atoms with E-state index >= 15 is 0 Å². The van der Waals surface area contributed by atoms with Gasteiger partial charge in [-0.1, -0.05) is 173 Å². The molecule has 8 rings (SSSR count). The molecule has 1 nitrogen and oxygen atoms in total. The lowest BCUT2D eigenvalue weighted by Gasteiger charge is -2.34. The molecular weight excluding hydrogens is 651 g/mol. The Kier molecular flexibility index (Phi) is 11.8. The Morgan fingerprint density at radius 3 is 1.76 bits per heavy atom. The Bertz CT molecular complexity index is 2400. The summed E-state index contributed by atoms with van der Waals surface area (Å²) in [7, 11) is 0. The zero-order valence-electron chi connectivity index (χ0n) is 33.2. The number of benzene rings is 7. The van der Waals surface area contributed by atoms with Crippen molar-refractivity contribution in [3.05, 3.63) is 215 Å². The molecule has 54 heavy (non-hydrogen) atoms. The van der Waals surface area contributed by atoms with Crippen LogP contribution in [0.2, 0.25) is 0 Å². The summed E-state index contributed by atoms with van der Waals surface area (Å²) in [5, 5.41) is 2.54.